The maximum absolute atomic E-state index is 7.23. The van der Waals surface area contributed by atoms with Gasteiger partial charge in [-0.3, -0.25) is 5.41 Å². The number of hydrogen-bond donors (Lipinski definition) is 2. The molecule has 0 aliphatic heterocycles. The molecule has 0 amide bonds. The number of nitrogens with one attached hydrogen (secondary N) is 1. The van der Waals surface area contributed by atoms with Gasteiger partial charge in [0.1, 0.15) is 11.5 Å². The average molecular weight is 223 g/mol. The molecule has 0 bridgehead atoms. The Hall–Kier alpha value is -1.69. The van der Waals surface area contributed by atoms with Crippen molar-refractivity contribution in [1.29, 1.82) is 5.41 Å². The number of nitrogen functional groups attached to an aromatic ring is 1. The zero-order chi connectivity index (χ0) is 12.0. The van der Waals surface area contributed by atoms with E-state index in [9.17, 15) is 0 Å². The molecule has 6 heteroatoms. The number of amidine groups is 1. The van der Waals surface area contributed by atoms with E-state index in [1.165, 1.54) is 6.20 Å². The second-order valence-corrected chi connectivity index (χ2v) is 3.64. The fourth-order valence-electron chi connectivity index (χ4n) is 1.10. The van der Waals surface area contributed by atoms with Crippen LogP contribution in [0.3, 0.4) is 0 Å². The maximum Gasteiger partial charge on any atom is 0.316 e. The first kappa shape index (κ1) is 12.4. The van der Waals surface area contributed by atoms with Crippen molar-refractivity contribution in [1.82, 2.24) is 14.9 Å². The molecule has 0 unspecified atom stereocenters. The predicted octanol–water partition coefficient (Wildman–Crippen LogP) is 0.0912. The number of hydrogen-bond acceptors (Lipinski definition) is 5. The molecule has 0 aromatic carbocycles. The Labute approximate surface area is 95.0 Å². The standard InChI is InChI=1S/C10H17N5O/c1-15(2)6-3-7-16-10-13-5-4-8(14-10)9(11)12/h4-5H,3,6-7H2,1-2H3,(H3,11,12). The third-order valence-corrected chi connectivity index (χ3v) is 1.89. The van der Waals surface area contributed by atoms with Crippen LogP contribution in [0.4, 0.5) is 0 Å². The lowest BCUT2D eigenvalue weighted by molar-refractivity contribution is 0.263. The van der Waals surface area contributed by atoms with E-state index in [1.807, 2.05) is 14.1 Å². The fourth-order valence-corrected chi connectivity index (χ4v) is 1.10. The molecular formula is C10H17N5O. The average Bonchev–Trinajstić information content (AvgIpc) is 2.24. The summed E-state index contributed by atoms with van der Waals surface area (Å²) in [6.45, 7) is 1.51. The second-order valence-electron chi connectivity index (χ2n) is 3.64. The van der Waals surface area contributed by atoms with Crippen molar-refractivity contribution >= 4 is 5.84 Å². The van der Waals surface area contributed by atoms with Gasteiger partial charge >= 0.3 is 6.01 Å². The first-order chi connectivity index (χ1) is 7.59. The van der Waals surface area contributed by atoms with Crippen LogP contribution >= 0.6 is 0 Å². The Morgan fingerprint density at radius 3 is 2.94 bits per heavy atom. The van der Waals surface area contributed by atoms with E-state index in [2.05, 4.69) is 14.9 Å². The lowest BCUT2D eigenvalue weighted by Crippen LogP contribution is -2.17. The molecule has 0 aliphatic carbocycles. The van der Waals surface area contributed by atoms with E-state index in [-0.39, 0.29) is 11.8 Å². The van der Waals surface area contributed by atoms with Gasteiger partial charge in [-0.1, -0.05) is 0 Å². The van der Waals surface area contributed by atoms with Crippen molar-refractivity contribution in [3.05, 3.63) is 18.0 Å². The van der Waals surface area contributed by atoms with Crippen LogP contribution in [0.25, 0.3) is 0 Å². The van der Waals surface area contributed by atoms with Crippen molar-refractivity contribution in [2.24, 2.45) is 5.73 Å². The van der Waals surface area contributed by atoms with Crippen molar-refractivity contribution in [3.63, 3.8) is 0 Å². The molecule has 88 valence electrons. The molecule has 1 heterocycles. The van der Waals surface area contributed by atoms with Gasteiger partial charge in [-0.2, -0.15) is 4.98 Å². The van der Waals surface area contributed by atoms with Gasteiger partial charge in [-0.05, 0) is 26.6 Å². The summed E-state index contributed by atoms with van der Waals surface area (Å²) in [4.78, 5) is 10.0. The quantitative estimate of drug-likeness (QED) is 0.405. The molecule has 1 aromatic heterocycles. The zero-order valence-electron chi connectivity index (χ0n) is 9.60. The van der Waals surface area contributed by atoms with Crippen LogP contribution in [-0.2, 0) is 0 Å². The van der Waals surface area contributed by atoms with Crippen molar-refractivity contribution < 1.29 is 4.74 Å². The zero-order valence-corrected chi connectivity index (χ0v) is 9.60. The summed E-state index contributed by atoms with van der Waals surface area (Å²) in [7, 11) is 4.01. The fraction of sp³-hybridized carbons (Fsp3) is 0.500. The number of aromatic nitrogens is 2. The predicted molar refractivity (Wildman–Crippen MR) is 61.7 cm³/mol. The van der Waals surface area contributed by atoms with Gasteiger partial charge < -0.3 is 15.4 Å². The van der Waals surface area contributed by atoms with Crippen LogP contribution in [-0.4, -0.2) is 48.0 Å². The minimum atomic E-state index is -0.0828. The summed E-state index contributed by atoms with van der Waals surface area (Å²) in [6, 6.07) is 1.85. The summed E-state index contributed by atoms with van der Waals surface area (Å²) >= 11 is 0. The molecule has 0 aliphatic rings. The highest BCUT2D eigenvalue weighted by atomic mass is 16.5. The molecule has 1 aromatic rings. The van der Waals surface area contributed by atoms with Crippen LogP contribution in [0, 0.1) is 5.41 Å². The van der Waals surface area contributed by atoms with Crippen LogP contribution < -0.4 is 10.5 Å². The third kappa shape index (κ3) is 4.22. The van der Waals surface area contributed by atoms with Crippen molar-refractivity contribution in [2.45, 2.75) is 6.42 Å². The first-order valence-corrected chi connectivity index (χ1v) is 5.04. The molecule has 0 saturated carbocycles. The summed E-state index contributed by atoms with van der Waals surface area (Å²) in [6.07, 6.45) is 2.44. The smallest absolute Gasteiger partial charge is 0.316 e. The van der Waals surface area contributed by atoms with E-state index in [0.29, 0.717) is 12.3 Å². The van der Waals surface area contributed by atoms with Crippen molar-refractivity contribution in [2.75, 3.05) is 27.2 Å². The lowest BCUT2D eigenvalue weighted by Gasteiger charge is -2.09. The largest absolute Gasteiger partial charge is 0.463 e. The van der Waals surface area contributed by atoms with E-state index < -0.39 is 0 Å². The number of ether oxygens (including phenoxy) is 1. The molecule has 0 atom stereocenters. The van der Waals surface area contributed by atoms with Crippen LogP contribution in [0.1, 0.15) is 12.1 Å². The van der Waals surface area contributed by atoms with E-state index >= 15 is 0 Å². The van der Waals surface area contributed by atoms with Crippen molar-refractivity contribution in [3.8, 4) is 6.01 Å². The molecule has 16 heavy (non-hydrogen) atoms. The van der Waals surface area contributed by atoms with Gasteiger partial charge in [0.2, 0.25) is 0 Å². The second kappa shape index (κ2) is 6.02. The maximum atomic E-state index is 7.23. The van der Waals surface area contributed by atoms with Gasteiger partial charge in [0.15, 0.2) is 0 Å². The number of nitrogens with zero attached hydrogens (tertiary/aromatic N) is 3. The molecular weight excluding hydrogens is 206 g/mol. The monoisotopic (exact) mass is 223 g/mol. The first-order valence-electron chi connectivity index (χ1n) is 5.04. The minimum absolute atomic E-state index is 0.0828. The Balaban J connectivity index is 2.42. The molecule has 1 rings (SSSR count). The number of nitrogens with two attached hydrogens (primary N) is 1. The molecule has 0 spiro atoms. The summed E-state index contributed by atoms with van der Waals surface area (Å²) in [5.41, 5.74) is 5.69. The molecule has 0 fully saturated rings. The van der Waals surface area contributed by atoms with Gasteiger partial charge in [0.25, 0.3) is 0 Å². The highest BCUT2D eigenvalue weighted by Gasteiger charge is 2.02. The van der Waals surface area contributed by atoms with Gasteiger partial charge in [-0.15, -0.1) is 0 Å². The van der Waals surface area contributed by atoms with E-state index in [0.717, 1.165) is 13.0 Å². The summed E-state index contributed by atoms with van der Waals surface area (Å²) in [5, 5.41) is 7.23. The summed E-state index contributed by atoms with van der Waals surface area (Å²) in [5.74, 6) is -0.0828. The topological polar surface area (TPSA) is 88.1 Å². The molecule has 3 N–H and O–H groups in total. The Bertz CT molecular complexity index is 353. The molecule has 0 radical (unpaired) electrons. The summed E-state index contributed by atoms with van der Waals surface area (Å²) < 4.78 is 5.35. The van der Waals surface area contributed by atoms with Crippen LogP contribution in [0.5, 0.6) is 6.01 Å². The van der Waals surface area contributed by atoms with Crippen LogP contribution in [0.15, 0.2) is 12.3 Å². The Morgan fingerprint density at radius 2 is 2.31 bits per heavy atom. The molecule has 0 saturated heterocycles. The van der Waals surface area contributed by atoms with Gasteiger partial charge in [0.05, 0.1) is 6.61 Å². The molecule has 6 nitrogen and oxygen atoms in total. The van der Waals surface area contributed by atoms with Crippen LogP contribution in [0.2, 0.25) is 0 Å². The Morgan fingerprint density at radius 1 is 1.56 bits per heavy atom. The SMILES string of the molecule is CN(C)CCCOc1nccc(C(=N)N)n1. The minimum Gasteiger partial charge on any atom is -0.463 e. The lowest BCUT2D eigenvalue weighted by atomic mass is 10.4. The number of rotatable bonds is 6. The van der Waals surface area contributed by atoms with Gasteiger partial charge in [0, 0.05) is 12.7 Å². The normalized spacial score (nSPS) is 10.4. The highest BCUT2D eigenvalue weighted by Crippen LogP contribution is 2.02. The van der Waals surface area contributed by atoms with E-state index in [4.69, 9.17) is 15.9 Å². The third-order valence-electron chi connectivity index (χ3n) is 1.89. The van der Waals surface area contributed by atoms with E-state index in [1.54, 1.807) is 6.07 Å². The van der Waals surface area contributed by atoms with Gasteiger partial charge in [-0.25, -0.2) is 4.98 Å². The Kier molecular flexibility index (Phi) is 4.65. The highest BCUT2D eigenvalue weighted by molar-refractivity contribution is 5.92.